The van der Waals surface area contributed by atoms with Gasteiger partial charge in [0.05, 0.1) is 11.5 Å². The third-order valence-electron chi connectivity index (χ3n) is 7.31. The number of ketones is 1. The van der Waals surface area contributed by atoms with Gasteiger partial charge in [0.25, 0.3) is 0 Å². The van der Waals surface area contributed by atoms with Crippen molar-refractivity contribution in [3.05, 3.63) is 125 Å². The van der Waals surface area contributed by atoms with Crippen LogP contribution in [0.5, 0.6) is 17.2 Å². The van der Waals surface area contributed by atoms with E-state index in [0.717, 1.165) is 5.56 Å². The first-order valence-electron chi connectivity index (χ1n) is 11.9. The number of hydrogen-bond donors (Lipinski definition) is 2. The zero-order valence-corrected chi connectivity index (χ0v) is 19.1. The van der Waals surface area contributed by atoms with Gasteiger partial charge in [-0.15, -0.1) is 0 Å². The summed E-state index contributed by atoms with van der Waals surface area (Å²) in [5.74, 6) is -1.03. The van der Waals surface area contributed by atoms with Crippen molar-refractivity contribution in [3.8, 4) is 17.2 Å². The number of carbonyl (C=O) groups is 1. The van der Waals surface area contributed by atoms with Gasteiger partial charge in [0.15, 0.2) is 18.0 Å². The van der Waals surface area contributed by atoms with Crippen molar-refractivity contribution < 1.29 is 29.2 Å². The van der Waals surface area contributed by atoms with Crippen LogP contribution in [0, 0.1) is 0 Å². The molecule has 7 rings (SSSR count). The van der Waals surface area contributed by atoms with Gasteiger partial charge in [0.1, 0.15) is 23.4 Å². The minimum atomic E-state index is -1.47. The van der Waals surface area contributed by atoms with Gasteiger partial charge in [-0.1, -0.05) is 78.9 Å². The summed E-state index contributed by atoms with van der Waals surface area (Å²) in [6.45, 7) is 0. The standard InChI is InChI=1S/C30H22O6/c31-26-21-15-20-24(16-23(21)34-28(27(26)32)17-9-3-1-4-10-17)36-30(18-11-5-2-6-12-18)29(33)25(20)19-13-7-8-14-22(19)35-30/h1-16,25,27-29,32-33H. The molecule has 0 aromatic heterocycles. The molecule has 36 heavy (non-hydrogen) atoms. The van der Waals surface area contributed by atoms with E-state index in [1.54, 1.807) is 12.1 Å². The van der Waals surface area contributed by atoms with Crippen LogP contribution in [0.4, 0.5) is 0 Å². The molecule has 3 aliphatic rings. The van der Waals surface area contributed by atoms with E-state index >= 15 is 0 Å². The predicted octanol–water partition coefficient (Wildman–Crippen LogP) is 4.49. The zero-order valence-electron chi connectivity index (χ0n) is 19.1. The average Bonchev–Trinajstić information content (AvgIpc) is 2.91. The van der Waals surface area contributed by atoms with Crippen molar-refractivity contribution in [1.82, 2.24) is 0 Å². The highest BCUT2D eigenvalue weighted by atomic mass is 16.7. The Labute approximate surface area is 207 Å². The lowest BCUT2D eigenvalue weighted by molar-refractivity contribution is -0.218. The molecule has 0 fully saturated rings. The Kier molecular flexibility index (Phi) is 4.52. The molecule has 178 valence electrons. The van der Waals surface area contributed by atoms with Gasteiger partial charge in [0, 0.05) is 22.8 Å². The van der Waals surface area contributed by atoms with E-state index < -0.39 is 35.8 Å². The van der Waals surface area contributed by atoms with Gasteiger partial charge >= 0.3 is 5.79 Å². The first-order valence-corrected chi connectivity index (χ1v) is 11.9. The molecule has 0 aliphatic carbocycles. The summed E-state index contributed by atoms with van der Waals surface area (Å²) in [5, 5.41) is 22.5. The summed E-state index contributed by atoms with van der Waals surface area (Å²) in [6.07, 6.45) is -3.27. The van der Waals surface area contributed by atoms with Crippen LogP contribution in [0.2, 0.25) is 0 Å². The maximum absolute atomic E-state index is 13.3. The van der Waals surface area contributed by atoms with Gasteiger partial charge in [-0.05, 0) is 17.7 Å². The maximum atomic E-state index is 13.3. The highest BCUT2D eigenvalue weighted by Gasteiger charge is 2.57. The quantitative estimate of drug-likeness (QED) is 0.442. The van der Waals surface area contributed by atoms with E-state index in [4.69, 9.17) is 14.2 Å². The minimum Gasteiger partial charge on any atom is -0.482 e. The summed E-state index contributed by atoms with van der Waals surface area (Å²) < 4.78 is 19.1. The Morgan fingerprint density at radius 2 is 1.36 bits per heavy atom. The molecule has 5 unspecified atom stereocenters. The normalized spacial score (nSPS) is 27.4. The van der Waals surface area contributed by atoms with Crippen LogP contribution >= 0.6 is 0 Å². The Bertz CT molecular complexity index is 1480. The van der Waals surface area contributed by atoms with Gasteiger partial charge in [-0.25, -0.2) is 0 Å². The Hall–Kier alpha value is -4.13. The molecule has 3 heterocycles. The molecule has 3 aliphatic heterocycles. The zero-order chi connectivity index (χ0) is 24.4. The van der Waals surface area contributed by atoms with Crippen molar-refractivity contribution in [2.45, 2.75) is 30.0 Å². The monoisotopic (exact) mass is 478 g/mol. The molecule has 0 saturated carbocycles. The molecule has 5 atom stereocenters. The molecule has 0 radical (unpaired) electrons. The fourth-order valence-corrected chi connectivity index (χ4v) is 5.58. The first kappa shape index (κ1) is 21.2. The number of hydrogen-bond acceptors (Lipinski definition) is 6. The Balaban J connectivity index is 1.42. The third kappa shape index (κ3) is 2.89. The number of rotatable bonds is 2. The van der Waals surface area contributed by atoms with E-state index in [9.17, 15) is 15.0 Å². The molecule has 6 nitrogen and oxygen atoms in total. The van der Waals surface area contributed by atoms with Crippen molar-refractivity contribution in [3.63, 3.8) is 0 Å². The van der Waals surface area contributed by atoms with Crippen LogP contribution in [0.3, 0.4) is 0 Å². The highest BCUT2D eigenvalue weighted by molar-refractivity contribution is 6.03. The van der Waals surface area contributed by atoms with E-state index in [0.29, 0.717) is 33.9 Å². The van der Waals surface area contributed by atoms with Gasteiger partial charge in [-0.3, -0.25) is 4.79 Å². The summed E-state index contributed by atoms with van der Waals surface area (Å²) in [7, 11) is 0. The summed E-state index contributed by atoms with van der Waals surface area (Å²) >= 11 is 0. The lowest BCUT2D eigenvalue weighted by Crippen LogP contribution is -2.57. The van der Waals surface area contributed by atoms with Crippen LogP contribution in [0.15, 0.2) is 97.1 Å². The molecular formula is C30H22O6. The number of benzene rings is 4. The SMILES string of the molecule is O=C1c2cc3c(cc2OC(c2ccccc2)C1O)OC1(c2ccccc2)Oc2ccccc2C3C1O. The molecule has 6 heteroatoms. The van der Waals surface area contributed by atoms with Crippen molar-refractivity contribution in [2.24, 2.45) is 0 Å². The molecule has 2 bridgehead atoms. The molecule has 0 amide bonds. The smallest absolute Gasteiger partial charge is 0.305 e. The lowest BCUT2D eigenvalue weighted by Gasteiger charge is -2.50. The number of para-hydroxylation sites is 1. The van der Waals surface area contributed by atoms with Crippen LogP contribution in [0.25, 0.3) is 0 Å². The van der Waals surface area contributed by atoms with Crippen molar-refractivity contribution in [1.29, 1.82) is 0 Å². The number of Topliss-reactive ketones (excluding diaryl/α,β-unsaturated/α-hetero) is 1. The minimum absolute atomic E-state index is 0.264. The fraction of sp³-hybridized carbons (Fsp3) is 0.167. The van der Waals surface area contributed by atoms with Crippen LogP contribution in [-0.2, 0) is 5.79 Å². The number of fused-ring (bicyclic) bond motifs is 7. The van der Waals surface area contributed by atoms with E-state index in [-0.39, 0.29) is 5.56 Å². The predicted molar refractivity (Wildman–Crippen MR) is 130 cm³/mol. The maximum Gasteiger partial charge on any atom is 0.305 e. The third-order valence-corrected chi connectivity index (χ3v) is 7.31. The van der Waals surface area contributed by atoms with Gasteiger partial charge in [-0.2, -0.15) is 0 Å². The second-order valence-electron chi connectivity index (χ2n) is 9.34. The summed E-state index contributed by atoms with van der Waals surface area (Å²) in [6, 6.07) is 29.4. The van der Waals surface area contributed by atoms with E-state index in [1.807, 2.05) is 84.9 Å². The molecular weight excluding hydrogens is 456 g/mol. The summed E-state index contributed by atoms with van der Waals surface area (Å²) in [5.41, 5.74) is 3.09. The van der Waals surface area contributed by atoms with Crippen LogP contribution in [0.1, 0.15) is 44.6 Å². The molecule has 4 aromatic carbocycles. The summed E-state index contributed by atoms with van der Waals surface area (Å²) in [4.78, 5) is 13.3. The Morgan fingerprint density at radius 1 is 0.694 bits per heavy atom. The second kappa shape index (κ2) is 7.68. The van der Waals surface area contributed by atoms with Crippen LogP contribution in [-0.4, -0.2) is 28.2 Å². The second-order valence-corrected chi connectivity index (χ2v) is 9.34. The van der Waals surface area contributed by atoms with E-state index in [2.05, 4.69) is 0 Å². The molecule has 0 spiro atoms. The number of ether oxygens (including phenoxy) is 3. The van der Waals surface area contributed by atoms with E-state index in [1.165, 1.54) is 0 Å². The topological polar surface area (TPSA) is 85.2 Å². The lowest BCUT2D eigenvalue weighted by atomic mass is 9.75. The Morgan fingerprint density at radius 3 is 2.14 bits per heavy atom. The molecule has 0 saturated heterocycles. The number of carbonyl (C=O) groups excluding carboxylic acids is 1. The van der Waals surface area contributed by atoms with Gasteiger partial charge in [0.2, 0.25) is 0 Å². The first-order chi connectivity index (χ1) is 17.6. The molecule has 4 aromatic rings. The number of aliphatic hydroxyl groups excluding tert-OH is 2. The average molecular weight is 479 g/mol. The van der Waals surface area contributed by atoms with Crippen molar-refractivity contribution in [2.75, 3.05) is 0 Å². The fourth-order valence-electron chi connectivity index (χ4n) is 5.58. The van der Waals surface area contributed by atoms with Crippen molar-refractivity contribution >= 4 is 5.78 Å². The highest BCUT2D eigenvalue weighted by Crippen LogP contribution is 2.56. The number of aliphatic hydroxyl groups is 2. The van der Waals surface area contributed by atoms with Gasteiger partial charge < -0.3 is 24.4 Å². The van der Waals surface area contributed by atoms with Crippen LogP contribution < -0.4 is 14.2 Å². The largest absolute Gasteiger partial charge is 0.482 e. The molecule has 2 N–H and O–H groups in total.